The van der Waals surface area contributed by atoms with E-state index < -0.39 is 18.1 Å². The van der Waals surface area contributed by atoms with Crippen LogP contribution in [0.1, 0.15) is 12.4 Å². The van der Waals surface area contributed by atoms with Gasteiger partial charge in [0.2, 0.25) is 0 Å². The minimum absolute atomic E-state index is 0.110. The summed E-state index contributed by atoms with van der Waals surface area (Å²) in [5.41, 5.74) is 14.1. The summed E-state index contributed by atoms with van der Waals surface area (Å²) >= 11 is 2.51. The molecule has 0 aliphatic carbocycles. The number of aryl methyl sites for hydroxylation is 1. The Morgan fingerprint density at radius 3 is 1.73 bits per heavy atom. The molecule has 354 valence electrons. The van der Waals surface area contributed by atoms with Crippen LogP contribution >= 0.6 is 0 Å². The van der Waals surface area contributed by atoms with Crippen LogP contribution in [0.15, 0.2) is 243 Å². The Labute approximate surface area is 445 Å². The zero-order valence-corrected chi connectivity index (χ0v) is 41.9. The van der Waals surface area contributed by atoms with E-state index >= 15 is 0 Å². The molecule has 0 aliphatic heterocycles. The van der Waals surface area contributed by atoms with Gasteiger partial charge in [0, 0.05) is 11.8 Å². The average molecular weight is 1130 g/mol. The topological polar surface area (TPSA) is 41.3 Å². The zero-order chi connectivity index (χ0) is 53.6. The number of benzene rings is 10. The molecule has 0 spiro atoms. The van der Waals surface area contributed by atoms with Gasteiger partial charge in [0.15, 0.2) is 0 Å². The number of fused-ring (bicyclic) bond motifs is 7. The number of rotatable bonds is 8. The number of aromatic nitrogens is 5. The SMILES string of the molecule is [2H]c1c([2H])c([2H])c(-c2cnc(-n3c4[c-]c(Oc5[c-]c6c(cc5)n(-c5ccccc5)c5ccccc5c5cccc7c5n6[c](=[Pt])n7-c5c(-c6ccccc6)cccc5-c5ccccc5)ccc4c4ccccc43)cc2C)c([2H])c1[2H]. The van der Waals surface area contributed by atoms with Gasteiger partial charge in [-0.3, -0.25) is 0 Å². The van der Waals surface area contributed by atoms with E-state index in [0.29, 0.717) is 28.4 Å². The van der Waals surface area contributed by atoms with Gasteiger partial charge in [-0.15, -0.1) is 0 Å². The molecule has 0 saturated carbocycles. The van der Waals surface area contributed by atoms with Gasteiger partial charge in [0.1, 0.15) is 0 Å². The van der Waals surface area contributed by atoms with Crippen LogP contribution in [-0.2, 0) is 19.4 Å². The molecule has 0 fully saturated rings. The van der Waals surface area contributed by atoms with Crippen molar-refractivity contribution in [1.82, 2.24) is 23.1 Å². The number of ether oxygens (including phenoxy) is 1. The van der Waals surface area contributed by atoms with E-state index in [0.717, 1.165) is 97.6 Å². The Balaban J connectivity index is 1.02. The first-order chi connectivity index (χ1) is 38.6. The molecule has 74 heavy (non-hydrogen) atoms. The van der Waals surface area contributed by atoms with Crippen LogP contribution in [0.25, 0.3) is 111 Å². The molecule has 7 heteroatoms. The minimum Gasteiger partial charge on any atom is -0.0616 e. The average Bonchev–Trinajstić information content (AvgIpc) is 3.98. The summed E-state index contributed by atoms with van der Waals surface area (Å²) in [6.07, 6.45) is 1.59. The molecule has 0 N–H and O–H groups in total. The fraction of sp³-hybridized carbons (Fsp3) is 0.0149. The van der Waals surface area contributed by atoms with E-state index in [1.807, 2.05) is 60.0 Å². The van der Waals surface area contributed by atoms with Crippen LogP contribution in [0.3, 0.4) is 0 Å². The standard InChI is InChI=1S/C67H43N5O.Pt/c1-45-40-65(68-43-58(45)48-24-10-4-11-25-48)72-60-34-17-14-28-54(60)56-38-36-50(41-63(56)72)73-51-37-39-61-64(42-51)70-44-69(66-52(46-20-6-2-7-21-46)30-18-31-53(66)47-22-8-3-9-23-47)62-35-19-32-57(67(62)70)55-29-15-16-33-59(55)71(61)49-26-12-5-13-27-49;/h2-40,43H,1H3;/q-2;/i4D,10D,11D,24D,25D;. The van der Waals surface area contributed by atoms with Crippen LogP contribution in [0.4, 0.5) is 0 Å². The Morgan fingerprint density at radius 1 is 0.473 bits per heavy atom. The van der Waals surface area contributed by atoms with Crippen molar-refractivity contribution in [3.05, 3.63) is 264 Å². The fourth-order valence-corrected chi connectivity index (χ4v) is 11.7. The first-order valence-corrected chi connectivity index (χ1v) is 25.4. The number of para-hydroxylation sites is 5. The third-order valence-electron chi connectivity index (χ3n) is 13.9. The molecule has 4 aromatic heterocycles. The first kappa shape index (κ1) is 38.6. The van der Waals surface area contributed by atoms with Gasteiger partial charge in [-0.2, -0.15) is 0 Å². The van der Waals surface area contributed by atoms with Gasteiger partial charge < -0.3 is 0 Å². The van der Waals surface area contributed by atoms with E-state index in [2.05, 4.69) is 203 Å². The third-order valence-corrected chi connectivity index (χ3v) is 14.9. The van der Waals surface area contributed by atoms with E-state index in [1.165, 1.54) is 0 Å². The number of pyridine rings is 1. The summed E-state index contributed by atoms with van der Waals surface area (Å²) < 4.78 is 59.2. The van der Waals surface area contributed by atoms with Crippen LogP contribution in [0, 0.1) is 22.9 Å². The van der Waals surface area contributed by atoms with Gasteiger partial charge in [-0.1, -0.05) is 42.3 Å². The summed E-state index contributed by atoms with van der Waals surface area (Å²) in [5, 5.41) is 4.07. The molecule has 0 bridgehead atoms. The van der Waals surface area contributed by atoms with Gasteiger partial charge >= 0.3 is 368 Å². The van der Waals surface area contributed by atoms with Crippen molar-refractivity contribution in [2.24, 2.45) is 0 Å². The van der Waals surface area contributed by atoms with Gasteiger partial charge in [0.05, 0.1) is 6.85 Å². The van der Waals surface area contributed by atoms with E-state index in [1.54, 1.807) is 6.20 Å². The van der Waals surface area contributed by atoms with Crippen molar-refractivity contribution >= 4 is 60.2 Å². The molecule has 0 saturated heterocycles. The Bertz CT molecular complexity index is 4830. The maximum absolute atomic E-state index is 8.69. The molecule has 0 unspecified atom stereocenters. The first-order valence-electron chi connectivity index (χ1n) is 26.8. The van der Waals surface area contributed by atoms with E-state index in [-0.39, 0.29) is 17.6 Å². The molecule has 0 aliphatic rings. The van der Waals surface area contributed by atoms with Crippen molar-refractivity contribution in [1.29, 1.82) is 0 Å². The number of hydrogen-bond donors (Lipinski definition) is 0. The number of imidazole rings is 1. The molecular formula is C67H43N5OPt-2. The van der Waals surface area contributed by atoms with Crippen molar-refractivity contribution < 1.29 is 30.9 Å². The van der Waals surface area contributed by atoms with E-state index in [4.69, 9.17) is 16.6 Å². The molecule has 4 heterocycles. The normalized spacial score (nSPS) is 12.6. The summed E-state index contributed by atoms with van der Waals surface area (Å²) in [7, 11) is 0. The molecule has 14 rings (SSSR count). The molecule has 0 amide bonds. The second-order valence-corrected chi connectivity index (χ2v) is 19.2. The van der Waals surface area contributed by atoms with Crippen LogP contribution in [0.5, 0.6) is 11.5 Å². The predicted molar refractivity (Wildman–Crippen MR) is 298 cm³/mol. The van der Waals surface area contributed by atoms with Crippen molar-refractivity contribution in [3.8, 4) is 62.1 Å². The number of hydrogen-bond acceptors (Lipinski definition) is 2. The van der Waals surface area contributed by atoms with Gasteiger partial charge in [-0.25, -0.2) is 0 Å². The van der Waals surface area contributed by atoms with Crippen molar-refractivity contribution in [2.45, 2.75) is 6.92 Å². The summed E-state index contributed by atoms with van der Waals surface area (Å²) in [5.74, 6) is 1.51. The minimum atomic E-state index is -0.438. The molecule has 14 aromatic rings. The molecule has 0 atom stereocenters. The van der Waals surface area contributed by atoms with Gasteiger partial charge in [0.25, 0.3) is 0 Å². The maximum atomic E-state index is 8.69. The summed E-state index contributed by atoms with van der Waals surface area (Å²) in [4.78, 5) is 4.91. The van der Waals surface area contributed by atoms with Crippen LogP contribution in [-0.4, -0.2) is 23.1 Å². The fourth-order valence-electron chi connectivity index (χ4n) is 10.7. The second-order valence-electron chi connectivity index (χ2n) is 18.2. The Morgan fingerprint density at radius 2 is 1.04 bits per heavy atom. The van der Waals surface area contributed by atoms with Crippen LogP contribution < -0.4 is 4.74 Å². The quantitative estimate of drug-likeness (QED) is 0.142. The Kier molecular flexibility index (Phi) is 9.32. The van der Waals surface area contributed by atoms with Crippen molar-refractivity contribution in [3.63, 3.8) is 0 Å². The Hall–Kier alpha value is -9.09. The second kappa shape index (κ2) is 17.9. The number of nitrogens with zero attached hydrogens (tertiary/aromatic N) is 5. The molecule has 10 aromatic carbocycles. The monoisotopic (exact) mass is 1130 g/mol. The van der Waals surface area contributed by atoms with Crippen molar-refractivity contribution in [2.75, 3.05) is 0 Å². The molecule has 0 radical (unpaired) electrons. The summed E-state index contributed by atoms with van der Waals surface area (Å²) in [6.45, 7) is 1.87. The predicted octanol–water partition coefficient (Wildman–Crippen LogP) is 16.8. The third kappa shape index (κ3) is 7.13. The van der Waals surface area contributed by atoms with Gasteiger partial charge in [-0.05, 0) is 18.1 Å². The smallest absolute Gasteiger partial charge is 0.0616 e. The molecule has 6 nitrogen and oxygen atoms in total. The van der Waals surface area contributed by atoms with E-state index in [9.17, 15) is 0 Å². The zero-order valence-electron chi connectivity index (χ0n) is 44.7. The summed E-state index contributed by atoms with van der Waals surface area (Å²) in [6, 6.07) is 77.2. The molecular weight excluding hydrogens is 1090 g/mol. The van der Waals surface area contributed by atoms with Crippen LogP contribution in [0.2, 0.25) is 0 Å².